The van der Waals surface area contributed by atoms with Crippen LogP contribution in [0.1, 0.15) is 0 Å². The molecule has 88 valence electrons. The largest absolute Gasteiger partial charge is 0.357 e. The predicted octanol–water partition coefficient (Wildman–Crippen LogP) is 4.09. The van der Waals surface area contributed by atoms with Crippen LogP contribution in [0.2, 0.25) is 5.02 Å². The molecule has 1 aromatic heterocycles. The fourth-order valence-electron chi connectivity index (χ4n) is 1.18. The van der Waals surface area contributed by atoms with E-state index >= 15 is 0 Å². The predicted molar refractivity (Wildman–Crippen MR) is 74.9 cm³/mol. The summed E-state index contributed by atoms with van der Waals surface area (Å²) in [6, 6.07) is 7.93. The van der Waals surface area contributed by atoms with Crippen LogP contribution in [0.4, 0.5) is 5.95 Å². The SMILES string of the molecule is CNc1ncc(Cl)c(Sc2ccccc2Br)n1. The molecule has 1 aromatic carbocycles. The van der Waals surface area contributed by atoms with Crippen molar-refractivity contribution in [2.45, 2.75) is 9.92 Å². The Labute approximate surface area is 117 Å². The zero-order valence-corrected chi connectivity index (χ0v) is 12.1. The summed E-state index contributed by atoms with van der Waals surface area (Å²) in [4.78, 5) is 9.42. The first-order valence-electron chi connectivity index (χ1n) is 4.83. The summed E-state index contributed by atoms with van der Waals surface area (Å²) in [5.41, 5.74) is 0. The van der Waals surface area contributed by atoms with Gasteiger partial charge >= 0.3 is 0 Å². The third kappa shape index (κ3) is 3.12. The van der Waals surface area contributed by atoms with Crippen LogP contribution in [0.25, 0.3) is 0 Å². The standard InChI is InChI=1S/C11H9BrClN3S/c1-14-11-15-6-8(13)10(16-11)17-9-5-3-2-4-7(9)12/h2-6H,1H3,(H,14,15,16). The summed E-state index contributed by atoms with van der Waals surface area (Å²) in [5.74, 6) is 0.559. The quantitative estimate of drug-likeness (QED) is 0.860. The van der Waals surface area contributed by atoms with Crippen LogP contribution in [0.3, 0.4) is 0 Å². The molecule has 6 heteroatoms. The molecule has 2 aromatic rings. The molecule has 1 heterocycles. The van der Waals surface area contributed by atoms with Gasteiger partial charge in [-0.2, -0.15) is 0 Å². The molecule has 0 aliphatic carbocycles. The van der Waals surface area contributed by atoms with Gasteiger partial charge in [-0.15, -0.1) is 0 Å². The lowest BCUT2D eigenvalue weighted by molar-refractivity contribution is 1.04. The first-order chi connectivity index (χ1) is 8.20. The summed E-state index contributed by atoms with van der Waals surface area (Å²) in [5, 5.41) is 4.17. The molecule has 0 amide bonds. The number of rotatable bonds is 3. The highest BCUT2D eigenvalue weighted by atomic mass is 79.9. The van der Waals surface area contributed by atoms with E-state index in [0.29, 0.717) is 11.0 Å². The Balaban J connectivity index is 2.32. The highest BCUT2D eigenvalue weighted by molar-refractivity contribution is 9.10. The first kappa shape index (κ1) is 12.7. The average molecular weight is 331 g/mol. The molecule has 0 saturated carbocycles. The zero-order chi connectivity index (χ0) is 12.3. The molecule has 0 saturated heterocycles. The Hall–Kier alpha value is -0.780. The maximum atomic E-state index is 6.07. The van der Waals surface area contributed by atoms with Gasteiger partial charge in [-0.1, -0.05) is 35.5 Å². The lowest BCUT2D eigenvalue weighted by Crippen LogP contribution is -1.96. The smallest absolute Gasteiger partial charge is 0.223 e. The van der Waals surface area contributed by atoms with Gasteiger partial charge in [-0.05, 0) is 28.1 Å². The summed E-state index contributed by atoms with van der Waals surface area (Å²) < 4.78 is 1.02. The van der Waals surface area contributed by atoms with Gasteiger partial charge in [0.15, 0.2) is 0 Å². The molecule has 0 atom stereocenters. The molecule has 1 N–H and O–H groups in total. The van der Waals surface area contributed by atoms with Gasteiger partial charge in [0.2, 0.25) is 5.95 Å². The number of anilines is 1. The summed E-state index contributed by atoms with van der Waals surface area (Å²) in [7, 11) is 1.77. The van der Waals surface area contributed by atoms with E-state index in [1.807, 2.05) is 24.3 Å². The normalized spacial score (nSPS) is 10.3. The number of nitrogens with zero attached hydrogens (tertiary/aromatic N) is 2. The second-order valence-corrected chi connectivity index (χ2v) is 5.42. The molecule has 0 fully saturated rings. The van der Waals surface area contributed by atoms with Gasteiger partial charge in [0.25, 0.3) is 0 Å². The van der Waals surface area contributed by atoms with E-state index in [2.05, 4.69) is 31.2 Å². The molecule has 0 bridgehead atoms. The Morgan fingerprint density at radius 3 is 2.82 bits per heavy atom. The van der Waals surface area contributed by atoms with Crippen molar-refractivity contribution in [2.24, 2.45) is 0 Å². The van der Waals surface area contributed by atoms with Crippen molar-refractivity contribution >= 4 is 45.2 Å². The maximum absolute atomic E-state index is 6.07. The van der Waals surface area contributed by atoms with E-state index in [1.165, 1.54) is 11.8 Å². The zero-order valence-electron chi connectivity index (χ0n) is 8.95. The molecule has 17 heavy (non-hydrogen) atoms. The third-order valence-corrected chi connectivity index (χ3v) is 4.40. The summed E-state index contributed by atoms with van der Waals surface area (Å²) in [6.07, 6.45) is 1.60. The second-order valence-electron chi connectivity index (χ2n) is 3.13. The van der Waals surface area contributed by atoms with E-state index in [9.17, 15) is 0 Å². The van der Waals surface area contributed by atoms with E-state index in [1.54, 1.807) is 13.2 Å². The minimum Gasteiger partial charge on any atom is -0.357 e. The Morgan fingerprint density at radius 2 is 2.12 bits per heavy atom. The molecule has 0 unspecified atom stereocenters. The minimum atomic E-state index is 0.546. The number of nitrogens with one attached hydrogen (secondary N) is 1. The van der Waals surface area contributed by atoms with Crippen molar-refractivity contribution in [2.75, 3.05) is 12.4 Å². The van der Waals surface area contributed by atoms with Crippen molar-refractivity contribution in [1.29, 1.82) is 0 Å². The molecule has 3 nitrogen and oxygen atoms in total. The van der Waals surface area contributed by atoms with Crippen LogP contribution in [-0.2, 0) is 0 Å². The second kappa shape index (κ2) is 5.71. The third-order valence-electron chi connectivity index (χ3n) is 1.98. The van der Waals surface area contributed by atoms with E-state index in [4.69, 9.17) is 11.6 Å². The van der Waals surface area contributed by atoms with Crippen LogP contribution in [-0.4, -0.2) is 17.0 Å². The van der Waals surface area contributed by atoms with Gasteiger partial charge in [-0.25, -0.2) is 9.97 Å². The lowest BCUT2D eigenvalue weighted by Gasteiger charge is -2.06. The number of benzene rings is 1. The Morgan fingerprint density at radius 1 is 1.35 bits per heavy atom. The lowest BCUT2D eigenvalue weighted by atomic mass is 10.4. The summed E-state index contributed by atoms with van der Waals surface area (Å²) in [6.45, 7) is 0. The first-order valence-corrected chi connectivity index (χ1v) is 6.82. The van der Waals surface area contributed by atoms with Gasteiger partial charge < -0.3 is 5.32 Å². The molecular formula is C11H9BrClN3S. The topological polar surface area (TPSA) is 37.8 Å². The minimum absolute atomic E-state index is 0.546. The van der Waals surface area contributed by atoms with Crippen LogP contribution in [0, 0.1) is 0 Å². The van der Waals surface area contributed by atoms with Crippen LogP contribution in [0.5, 0.6) is 0 Å². The number of hydrogen-bond donors (Lipinski definition) is 1. The van der Waals surface area contributed by atoms with Crippen LogP contribution < -0.4 is 5.32 Å². The molecule has 0 spiro atoms. The van der Waals surface area contributed by atoms with Crippen molar-refractivity contribution in [3.63, 3.8) is 0 Å². The number of halogens is 2. The average Bonchev–Trinajstić information content (AvgIpc) is 2.35. The molecule has 0 aliphatic heterocycles. The van der Waals surface area contributed by atoms with E-state index in [0.717, 1.165) is 14.4 Å². The van der Waals surface area contributed by atoms with Crippen molar-refractivity contribution in [1.82, 2.24) is 9.97 Å². The van der Waals surface area contributed by atoms with Gasteiger partial charge in [0.1, 0.15) is 5.03 Å². The monoisotopic (exact) mass is 329 g/mol. The van der Waals surface area contributed by atoms with Crippen LogP contribution in [0.15, 0.2) is 44.9 Å². The van der Waals surface area contributed by atoms with E-state index < -0.39 is 0 Å². The van der Waals surface area contributed by atoms with E-state index in [-0.39, 0.29) is 0 Å². The Bertz CT molecular complexity index is 536. The fraction of sp³-hybridized carbons (Fsp3) is 0.0909. The van der Waals surface area contributed by atoms with Crippen molar-refractivity contribution < 1.29 is 0 Å². The van der Waals surface area contributed by atoms with Crippen LogP contribution >= 0.6 is 39.3 Å². The maximum Gasteiger partial charge on any atom is 0.223 e. The molecule has 0 radical (unpaired) electrons. The van der Waals surface area contributed by atoms with Crippen molar-refractivity contribution in [3.05, 3.63) is 40.0 Å². The van der Waals surface area contributed by atoms with Gasteiger partial charge in [0, 0.05) is 16.4 Å². The molecule has 0 aliphatic rings. The number of hydrogen-bond acceptors (Lipinski definition) is 4. The highest BCUT2D eigenvalue weighted by Crippen LogP contribution is 2.35. The molecular weight excluding hydrogens is 322 g/mol. The van der Waals surface area contributed by atoms with Crippen molar-refractivity contribution in [3.8, 4) is 0 Å². The Kier molecular flexibility index (Phi) is 4.25. The molecule has 2 rings (SSSR count). The summed E-state index contributed by atoms with van der Waals surface area (Å²) >= 11 is 11.1. The highest BCUT2D eigenvalue weighted by Gasteiger charge is 2.08. The van der Waals surface area contributed by atoms with Gasteiger partial charge in [0.05, 0.1) is 11.2 Å². The fourth-order valence-corrected chi connectivity index (χ4v) is 2.71. The van der Waals surface area contributed by atoms with Gasteiger partial charge in [-0.3, -0.25) is 0 Å². The number of aromatic nitrogens is 2.